The van der Waals surface area contributed by atoms with E-state index in [4.69, 9.17) is 13.8 Å². The number of ether oxygens (including phenoxy) is 1. The van der Waals surface area contributed by atoms with Gasteiger partial charge in [0.15, 0.2) is 5.82 Å². The number of likely N-dealkylation sites (tertiary alicyclic amines) is 1. The van der Waals surface area contributed by atoms with Crippen LogP contribution in [0.4, 0.5) is 0 Å². The molecule has 2 aromatic heterocycles. The zero-order chi connectivity index (χ0) is 14.1. The molecule has 0 amide bonds. The second kappa shape index (κ2) is 5.34. The van der Waals surface area contributed by atoms with Crippen LogP contribution in [0.25, 0.3) is 0 Å². The van der Waals surface area contributed by atoms with E-state index < -0.39 is 0 Å². The van der Waals surface area contributed by atoms with Crippen molar-refractivity contribution in [2.24, 2.45) is 0 Å². The number of hydrogen-bond acceptors (Lipinski definition) is 7. The molecule has 1 aliphatic heterocycles. The van der Waals surface area contributed by atoms with Crippen molar-refractivity contribution in [3.05, 3.63) is 29.2 Å². The number of methoxy groups -OCH3 is 1. The third-order valence-corrected chi connectivity index (χ3v) is 3.57. The summed E-state index contributed by atoms with van der Waals surface area (Å²) in [5, 5.41) is 7.91. The van der Waals surface area contributed by atoms with Gasteiger partial charge in [0.05, 0.1) is 17.8 Å². The van der Waals surface area contributed by atoms with Crippen LogP contribution < -0.4 is 0 Å². The van der Waals surface area contributed by atoms with Crippen molar-refractivity contribution in [3.8, 4) is 0 Å². The Hall–Kier alpha value is -1.73. The summed E-state index contributed by atoms with van der Waals surface area (Å²) in [4.78, 5) is 6.57. The second-order valence-corrected chi connectivity index (χ2v) is 5.15. The Morgan fingerprint density at radius 1 is 1.35 bits per heavy atom. The quantitative estimate of drug-likeness (QED) is 0.841. The van der Waals surface area contributed by atoms with Gasteiger partial charge < -0.3 is 13.8 Å². The van der Waals surface area contributed by atoms with Crippen molar-refractivity contribution in [1.82, 2.24) is 20.2 Å². The minimum Gasteiger partial charge on any atom is -0.380 e. The summed E-state index contributed by atoms with van der Waals surface area (Å²) in [5.41, 5.74) is 0.903. The summed E-state index contributed by atoms with van der Waals surface area (Å²) in [5.74, 6) is 2.10. The van der Waals surface area contributed by atoms with E-state index >= 15 is 0 Å². The highest BCUT2D eigenvalue weighted by molar-refractivity contribution is 5.06. The van der Waals surface area contributed by atoms with Crippen molar-refractivity contribution in [1.29, 1.82) is 0 Å². The van der Waals surface area contributed by atoms with Gasteiger partial charge in [-0.3, -0.25) is 4.90 Å². The normalized spacial score (nSPS) is 23.6. The SMILES string of the molecule is CO[C@H]1C[C@H](c2nc(C)no2)N(Cc2cc(C)on2)C1. The third kappa shape index (κ3) is 2.59. The van der Waals surface area contributed by atoms with Crippen LogP contribution in [0.5, 0.6) is 0 Å². The predicted octanol–water partition coefficient (Wildman–Crippen LogP) is 1.64. The van der Waals surface area contributed by atoms with E-state index in [1.807, 2.05) is 19.9 Å². The van der Waals surface area contributed by atoms with Gasteiger partial charge in [-0.05, 0) is 20.3 Å². The Labute approximate surface area is 116 Å². The molecule has 7 nitrogen and oxygen atoms in total. The number of aromatic nitrogens is 3. The lowest BCUT2D eigenvalue weighted by molar-refractivity contribution is 0.107. The number of nitrogens with zero attached hydrogens (tertiary/aromatic N) is 4. The van der Waals surface area contributed by atoms with Crippen LogP contribution in [-0.2, 0) is 11.3 Å². The Bertz CT molecular complexity index is 580. The zero-order valence-corrected chi connectivity index (χ0v) is 11.9. The molecule has 7 heteroatoms. The van der Waals surface area contributed by atoms with Gasteiger partial charge in [0, 0.05) is 26.3 Å². The number of aryl methyl sites for hydroxylation is 2. The van der Waals surface area contributed by atoms with E-state index in [1.54, 1.807) is 7.11 Å². The zero-order valence-electron chi connectivity index (χ0n) is 11.9. The first kappa shape index (κ1) is 13.3. The summed E-state index contributed by atoms with van der Waals surface area (Å²) in [7, 11) is 1.73. The minimum absolute atomic E-state index is 0.0677. The molecule has 1 fully saturated rings. The van der Waals surface area contributed by atoms with Crippen molar-refractivity contribution in [3.63, 3.8) is 0 Å². The third-order valence-electron chi connectivity index (χ3n) is 3.57. The van der Waals surface area contributed by atoms with Gasteiger partial charge in [-0.15, -0.1) is 0 Å². The second-order valence-electron chi connectivity index (χ2n) is 5.15. The molecule has 0 spiro atoms. The summed E-state index contributed by atoms with van der Waals surface area (Å²) >= 11 is 0. The molecule has 0 aromatic carbocycles. The maximum atomic E-state index is 5.47. The fraction of sp³-hybridized carbons (Fsp3) is 0.615. The molecular weight excluding hydrogens is 260 g/mol. The topological polar surface area (TPSA) is 77.4 Å². The molecule has 1 saturated heterocycles. The molecule has 0 N–H and O–H groups in total. The van der Waals surface area contributed by atoms with Crippen molar-refractivity contribution >= 4 is 0 Å². The van der Waals surface area contributed by atoms with E-state index in [0.717, 1.165) is 24.4 Å². The Morgan fingerprint density at radius 2 is 2.20 bits per heavy atom. The lowest BCUT2D eigenvalue weighted by atomic mass is 10.2. The lowest BCUT2D eigenvalue weighted by Gasteiger charge is -2.19. The maximum absolute atomic E-state index is 5.47. The van der Waals surface area contributed by atoms with Crippen LogP contribution >= 0.6 is 0 Å². The van der Waals surface area contributed by atoms with E-state index in [1.165, 1.54) is 0 Å². The van der Waals surface area contributed by atoms with Crippen LogP contribution in [-0.4, -0.2) is 40.0 Å². The fourth-order valence-electron chi connectivity index (χ4n) is 2.61. The Kier molecular flexibility index (Phi) is 3.54. The average molecular weight is 278 g/mol. The largest absolute Gasteiger partial charge is 0.380 e. The highest BCUT2D eigenvalue weighted by Crippen LogP contribution is 2.33. The molecule has 2 atom stereocenters. The fourth-order valence-corrected chi connectivity index (χ4v) is 2.61. The molecule has 3 rings (SSSR count). The summed E-state index contributed by atoms with van der Waals surface area (Å²) in [6.45, 7) is 5.20. The van der Waals surface area contributed by atoms with E-state index in [0.29, 0.717) is 18.3 Å². The van der Waals surface area contributed by atoms with Crippen LogP contribution in [0.3, 0.4) is 0 Å². The number of hydrogen-bond donors (Lipinski definition) is 0. The molecule has 2 aromatic rings. The van der Waals surface area contributed by atoms with Gasteiger partial charge in [0.2, 0.25) is 5.89 Å². The van der Waals surface area contributed by atoms with Crippen LogP contribution in [0.1, 0.15) is 35.6 Å². The molecule has 20 heavy (non-hydrogen) atoms. The first-order valence-corrected chi connectivity index (χ1v) is 6.65. The molecule has 108 valence electrons. The summed E-state index contributed by atoms with van der Waals surface area (Å²) in [6, 6.07) is 2.01. The van der Waals surface area contributed by atoms with Gasteiger partial charge in [0.25, 0.3) is 0 Å². The highest BCUT2D eigenvalue weighted by atomic mass is 16.5. The minimum atomic E-state index is 0.0677. The lowest BCUT2D eigenvalue weighted by Crippen LogP contribution is -2.25. The van der Waals surface area contributed by atoms with Gasteiger partial charge in [0.1, 0.15) is 5.76 Å². The van der Waals surface area contributed by atoms with Crippen LogP contribution in [0.2, 0.25) is 0 Å². The molecule has 0 saturated carbocycles. The smallest absolute Gasteiger partial charge is 0.244 e. The summed E-state index contributed by atoms with van der Waals surface area (Å²) in [6.07, 6.45) is 1.01. The standard InChI is InChI=1S/C13H18N4O3/c1-8-4-10(16-19-8)6-17-7-11(18-3)5-12(17)13-14-9(2)15-20-13/h4,11-12H,5-7H2,1-3H3/t11-,12+/m0/s1. The van der Waals surface area contributed by atoms with Crippen molar-refractivity contribution < 1.29 is 13.8 Å². The van der Waals surface area contributed by atoms with Crippen molar-refractivity contribution in [2.45, 2.75) is 39.0 Å². The van der Waals surface area contributed by atoms with E-state index in [9.17, 15) is 0 Å². The van der Waals surface area contributed by atoms with Gasteiger partial charge in [-0.2, -0.15) is 4.98 Å². The van der Waals surface area contributed by atoms with Gasteiger partial charge in [-0.1, -0.05) is 10.3 Å². The first-order chi connectivity index (χ1) is 9.65. The first-order valence-electron chi connectivity index (χ1n) is 6.65. The van der Waals surface area contributed by atoms with Crippen LogP contribution in [0, 0.1) is 13.8 Å². The number of rotatable bonds is 4. The average Bonchev–Trinajstić information content (AvgIpc) is 3.11. The molecular formula is C13H18N4O3. The summed E-state index contributed by atoms with van der Waals surface area (Å²) < 4.78 is 15.9. The van der Waals surface area contributed by atoms with E-state index in [-0.39, 0.29) is 12.1 Å². The monoisotopic (exact) mass is 278 g/mol. The molecule has 0 unspecified atom stereocenters. The van der Waals surface area contributed by atoms with Crippen LogP contribution in [0.15, 0.2) is 15.1 Å². The molecule has 3 heterocycles. The Morgan fingerprint density at radius 3 is 2.80 bits per heavy atom. The van der Waals surface area contributed by atoms with Crippen molar-refractivity contribution in [2.75, 3.05) is 13.7 Å². The highest BCUT2D eigenvalue weighted by Gasteiger charge is 2.37. The van der Waals surface area contributed by atoms with Gasteiger partial charge in [-0.25, -0.2) is 0 Å². The molecule has 1 aliphatic rings. The maximum Gasteiger partial charge on any atom is 0.244 e. The molecule has 0 aliphatic carbocycles. The predicted molar refractivity (Wildman–Crippen MR) is 68.8 cm³/mol. The van der Waals surface area contributed by atoms with Gasteiger partial charge >= 0.3 is 0 Å². The molecule has 0 radical (unpaired) electrons. The Balaban J connectivity index is 1.79. The van der Waals surface area contributed by atoms with E-state index in [2.05, 4.69) is 20.2 Å². The molecule has 0 bridgehead atoms.